The second kappa shape index (κ2) is 6.55. The van der Waals surface area contributed by atoms with Crippen molar-refractivity contribution in [3.63, 3.8) is 0 Å². The van der Waals surface area contributed by atoms with Crippen LogP contribution in [0.4, 0.5) is 5.95 Å². The summed E-state index contributed by atoms with van der Waals surface area (Å²) in [5, 5.41) is 39.9. The van der Waals surface area contributed by atoms with Crippen LogP contribution in [0, 0.1) is 0 Å². The number of rotatable bonds is 3. The predicted octanol–water partition coefficient (Wildman–Crippen LogP) is -2.59. The minimum Gasteiger partial charge on any atom is -0.394 e. The van der Waals surface area contributed by atoms with E-state index in [1.165, 1.54) is 20.9 Å². The van der Waals surface area contributed by atoms with Gasteiger partial charge in [0.05, 0.1) is 6.61 Å². The van der Waals surface area contributed by atoms with Crippen LogP contribution in [-0.4, -0.2) is 76.8 Å². The molecule has 1 aliphatic rings. The minimum atomic E-state index is -1.58. The van der Waals surface area contributed by atoms with E-state index < -0.39 is 42.8 Å². The Balaban J connectivity index is 2.19. The molecule has 3 rings (SSSR count). The average molecular weight is 373 g/mol. The molecule has 0 radical (unpaired) electrons. The third kappa shape index (κ3) is 2.70. The van der Waals surface area contributed by atoms with Gasteiger partial charge in [0.1, 0.15) is 24.4 Å². The van der Waals surface area contributed by atoms with Crippen LogP contribution in [-0.2, 0) is 11.8 Å². The van der Waals surface area contributed by atoms with Crippen molar-refractivity contribution in [1.29, 1.82) is 0 Å². The summed E-state index contributed by atoms with van der Waals surface area (Å²) < 4.78 is 7.98. The number of aromatic nitrogens is 4. The van der Waals surface area contributed by atoms with Gasteiger partial charge < -0.3 is 30.9 Å². The normalized spacial score (nSPS) is 30.1. The number of nitrogens with zero attached hydrogens (tertiary/aromatic N) is 4. The molecular weight excluding hydrogens is 354 g/mol. The summed E-state index contributed by atoms with van der Waals surface area (Å²) in [5.41, 5.74) is 5.52. The smallest absolute Gasteiger partial charge is 0.282 e. The SMILES string of the molecule is CSc1nc2c(nc(N)n2[C@@H]2O[C@H](CO)[C@@H](O)[C@H](O)[C@H]2O)c(=O)n1C. The van der Waals surface area contributed by atoms with Crippen LogP contribution < -0.4 is 11.3 Å². The van der Waals surface area contributed by atoms with Gasteiger partial charge in [0.25, 0.3) is 5.56 Å². The summed E-state index contributed by atoms with van der Waals surface area (Å²) in [4.78, 5) is 20.7. The van der Waals surface area contributed by atoms with Crippen LogP contribution in [0.1, 0.15) is 6.23 Å². The van der Waals surface area contributed by atoms with Crippen molar-refractivity contribution in [2.24, 2.45) is 7.05 Å². The number of hydrogen-bond acceptors (Lipinski definition) is 10. The number of hydrogen-bond donors (Lipinski definition) is 5. The number of anilines is 1. The van der Waals surface area contributed by atoms with Crippen molar-refractivity contribution in [1.82, 2.24) is 19.1 Å². The fourth-order valence-corrected chi connectivity index (χ4v) is 3.37. The van der Waals surface area contributed by atoms with Gasteiger partial charge in [0.2, 0.25) is 5.95 Å². The van der Waals surface area contributed by atoms with Crippen LogP contribution in [0.5, 0.6) is 0 Å². The maximum Gasteiger partial charge on any atom is 0.282 e. The van der Waals surface area contributed by atoms with Crippen molar-refractivity contribution < 1.29 is 25.2 Å². The number of aliphatic hydroxyl groups is 4. The summed E-state index contributed by atoms with van der Waals surface area (Å²) in [5.74, 6) is -0.151. The molecule has 0 aromatic carbocycles. The minimum absolute atomic E-state index is 0.0187. The Hall–Kier alpha value is -1.70. The van der Waals surface area contributed by atoms with Gasteiger partial charge in [-0.05, 0) is 6.26 Å². The molecule has 12 heteroatoms. The topological polar surface area (TPSA) is 169 Å². The maximum atomic E-state index is 12.4. The fourth-order valence-electron chi connectivity index (χ4n) is 2.83. The molecule has 2 aromatic rings. The lowest BCUT2D eigenvalue weighted by Gasteiger charge is -2.40. The summed E-state index contributed by atoms with van der Waals surface area (Å²) >= 11 is 1.23. The summed E-state index contributed by atoms with van der Waals surface area (Å²) in [6.45, 7) is -0.584. The molecule has 0 bridgehead atoms. The van der Waals surface area contributed by atoms with Gasteiger partial charge in [0, 0.05) is 7.05 Å². The number of nitrogens with two attached hydrogens (primary N) is 1. The van der Waals surface area contributed by atoms with Gasteiger partial charge in [-0.25, -0.2) is 9.97 Å². The Morgan fingerprint density at radius 1 is 1.24 bits per heavy atom. The lowest BCUT2D eigenvalue weighted by atomic mass is 9.98. The maximum absolute atomic E-state index is 12.4. The fraction of sp³-hybridized carbons (Fsp3) is 0.615. The molecule has 6 N–H and O–H groups in total. The van der Waals surface area contributed by atoms with E-state index in [4.69, 9.17) is 10.5 Å². The molecule has 0 spiro atoms. The number of fused-ring (bicyclic) bond motifs is 1. The largest absolute Gasteiger partial charge is 0.394 e. The van der Waals surface area contributed by atoms with E-state index in [1.54, 1.807) is 13.3 Å². The first-order chi connectivity index (χ1) is 11.8. The van der Waals surface area contributed by atoms with E-state index in [2.05, 4.69) is 9.97 Å². The first kappa shape index (κ1) is 18.1. The third-order valence-corrected chi connectivity index (χ3v) is 4.94. The zero-order valence-electron chi connectivity index (χ0n) is 13.5. The lowest BCUT2D eigenvalue weighted by Crippen LogP contribution is -2.56. The van der Waals surface area contributed by atoms with Crippen LogP contribution in [0.3, 0.4) is 0 Å². The van der Waals surface area contributed by atoms with E-state index in [9.17, 15) is 25.2 Å². The van der Waals surface area contributed by atoms with E-state index in [0.29, 0.717) is 5.16 Å². The quantitative estimate of drug-likeness (QED) is 0.284. The molecule has 3 heterocycles. The van der Waals surface area contributed by atoms with Crippen molar-refractivity contribution in [3.05, 3.63) is 10.4 Å². The highest BCUT2D eigenvalue weighted by Crippen LogP contribution is 2.32. The third-order valence-electron chi connectivity index (χ3n) is 4.21. The number of imidazole rings is 1. The Morgan fingerprint density at radius 2 is 1.92 bits per heavy atom. The van der Waals surface area contributed by atoms with E-state index in [0.717, 1.165) is 0 Å². The molecular formula is C13H19N5O6S. The second-order valence-electron chi connectivity index (χ2n) is 5.69. The number of thioether (sulfide) groups is 1. The van der Waals surface area contributed by atoms with Crippen molar-refractivity contribution >= 4 is 28.9 Å². The van der Waals surface area contributed by atoms with Gasteiger partial charge in [-0.15, -0.1) is 0 Å². The molecule has 0 amide bonds. The molecule has 138 valence electrons. The first-order valence-corrected chi connectivity index (χ1v) is 8.63. The molecule has 1 aliphatic heterocycles. The molecule has 25 heavy (non-hydrogen) atoms. The lowest BCUT2D eigenvalue weighted by molar-refractivity contribution is -0.250. The van der Waals surface area contributed by atoms with Gasteiger partial charge >= 0.3 is 0 Å². The number of nitrogen functional groups attached to an aromatic ring is 1. The Morgan fingerprint density at radius 3 is 2.52 bits per heavy atom. The standard InChI is InChI=1S/C13H19N5O6S/c1-17-10(23)5-9(16-13(17)25-2)18(12(14)15-5)11-8(22)7(21)6(20)4(3-19)24-11/h4,6-8,11,19-22H,3H2,1-2H3,(H2,14,15)/t4-,6-,7+,8-,11-/m1/s1. The molecule has 0 saturated carbocycles. The van der Waals surface area contributed by atoms with Crippen molar-refractivity contribution in [2.75, 3.05) is 18.6 Å². The predicted molar refractivity (Wildman–Crippen MR) is 88.0 cm³/mol. The zero-order valence-corrected chi connectivity index (χ0v) is 14.3. The summed E-state index contributed by atoms with van der Waals surface area (Å²) in [6, 6.07) is 0. The first-order valence-electron chi connectivity index (χ1n) is 7.40. The van der Waals surface area contributed by atoms with Crippen LogP contribution in [0.2, 0.25) is 0 Å². The Labute approximate surface area is 145 Å². The van der Waals surface area contributed by atoms with Crippen LogP contribution in [0.15, 0.2) is 9.95 Å². The zero-order chi connectivity index (χ0) is 18.5. The van der Waals surface area contributed by atoms with Gasteiger partial charge in [0.15, 0.2) is 22.5 Å². The molecule has 0 unspecified atom stereocenters. The van der Waals surface area contributed by atoms with E-state index in [1.807, 2.05) is 0 Å². The van der Waals surface area contributed by atoms with Crippen molar-refractivity contribution in [2.45, 2.75) is 35.8 Å². The molecule has 1 saturated heterocycles. The second-order valence-corrected chi connectivity index (χ2v) is 6.47. The number of ether oxygens (including phenoxy) is 1. The van der Waals surface area contributed by atoms with Crippen LogP contribution in [0.25, 0.3) is 11.2 Å². The van der Waals surface area contributed by atoms with Crippen molar-refractivity contribution in [3.8, 4) is 0 Å². The highest BCUT2D eigenvalue weighted by Gasteiger charge is 2.45. The van der Waals surface area contributed by atoms with Crippen LogP contribution >= 0.6 is 11.8 Å². The number of aliphatic hydroxyl groups excluding tert-OH is 4. The summed E-state index contributed by atoms with van der Waals surface area (Å²) in [6.07, 6.45) is -5.32. The molecule has 1 fully saturated rings. The van der Waals surface area contributed by atoms with Gasteiger partial charge in [-0.2, -0.15) is 0 Å². The summed E-state index contributed by atoms with van der Waals surface area (Å²) in [7, 11) is 1.55. The van der Waals surface area contributed by atoms with E-state index in [-0.39, 0.29) is 17.1 Å². The highest BCUT2D eigenvalue weighted by molar-refractivity contribution is 7.98. The molecule has 5 atom stereocenters. The Kier molecular flexibility index (Phi) is 4.74. The Bertz CT molecular complexity index is 852. The molecule has 11 nitrogen and oxygen atoms in total. The molecule has 0 aliphatic carbocycles. The monoisotopic (exact) mass is 373 g/mol. The van der Waals surface area contributed by atoms with Gasteiger partial charge in [-0.1, -0.05) is 11.8 Å². The van der Waals surface area contributed by atoms with E-state index >= 15 is 0 Å². The highest BCUT2D eigenvalue weighted by atomic mass is 32.2. The van der Waals surface area contributed by atoms with Gasteiger partial charge in [-0.3, -0.25) is 13.9 Å². The average Bonchev–Trinajstić information content (AvgIpc) is 2.92. The molecule has 2 aromatic heterocycles.